The predicted octanol–water partition coefficient (Wildman–Crippen LogP) is 5.32. The highest BCUT2D eigenvalue weighted by Crippen LogP contribution is 2.30. The average molecular weight is 532 g/mol. The zero-order chi connectivity index (χ0) is 27.1. The van der Waals surface area contributed by atoms with Gasteiger partial charge in [-0.25, -0.2) is 15.0 Å². The molecule has 3 N–H and O–H groups in total. The Morgan fingerprint density at radius 2 is 1.85 bits per heavy atom. The summed E-state index contributed by atoms with van der Waals surface area (Å²) in [6, 6.07) is 11.6. The first-order valence-corrected chi connectivity index (χ1v) is 14.2. The lowest BCUT2D eigenvalue weighted by atomic mass is 9.98. The van der Waals surface area contributed by atoms with Gasteiger partial charge in [-0.3, -0.25) is 4.79 Å². The summed E-state index contributed by atoms with van der Waals surface area (Å²) >= 11 is 0. The highest BCUT2D eigenvalue weighted by Gasteiger charge is 2.23. The Morgan fingerprint density at radius 1 is 1.00 bits per heavy atom. The van der Waals surface area contributed by atoms with Gasteiger partial charge >= 0.3 is 0 Å². The number of carbonyl (C=O) groups excluding carboxylic acids is 1. The second-order valence-electron chi connectivity index (χ2n) is 10.5. The maximum atomic E-state index is 12.3. The standard InChI is InChI=1S/C32H33N7O/c40-31(37-26-12-13-26)24-16-19-34-28(20-24)11-8-22-6-9-27(10-7-22)38-32-35-21-29(23-14-17-33-18-15-23)30(39-32)36-25-4-2-1-3-5-25/h6-7,9-10,14,16,19-21,26,33H,1-5,12-13,15,17-18H2,(H,37,40)(H,35,38,39). The SMILES string of the molecule is O=C(NC1CC1)c1ccnc(C#Cc2ccc(Nc3ncc(C4=CCNCC4)c(N=C4CCCCC4)n3)cc2)c1. The van der Waals surface area contributed by atoms with E-state index in [0.717, 1.165) is 67.8 Å². The van der Waals surface area contributed by atoms with Crippen LogP contribution < -0.4 is 16.0 Å². The molecule has 2 fully saturated rings. The Morgan fingerprint density at radius 3 is 2.62 bits per heavy atom. The molecule has 0 bridgehead atoms. The summed E-state index contributed by atoms with van der Waals surface area (Å²) in [6.45, 7) is 1.81. The fourth-order valence-electron chi connectivity index (χ4n) is 4.87. The Labute approximate surface area is 234 Å². The van der Waals surface area contributed by atoms with E-state index < -0.39 is 0 Å². The van der Waals surface area contributed by atoms with Gasteiger partial charge in [-0.05, 0) is 99.4 Å². The molecule has 1 aromatic carbocycles. The first-order chi connectivity index (χ1) is 19.7. The molecule has 2 aliphatic carbocycles. The third-order valence-electron chi connectivity index (χ3n) is 7.28. The number of hydrogen-bond acceptors (Lipinski definition) is 7. The summed E-state index contributed by atoms with van der Waals surface area (Å²) < 4.78 is 0. The van der Waals surface area contributed by atoms with Crippen LogP contribution in [-0.2, 0) is 0 Å². The highest BCUT2D eigenvalue weighted by molar-refractivity contribution is 5.94. The number of nitrogens with one attached hydrogen (secondary N) is 3. The van der Waals surface area contributed by atoms with Crippen molar-refractivity contribution >= 4 is 34.6 Å². The van der Waals surface area contributed by atoms with Crippen LogP contribution in [-0.4, -0.2) is 45.7 Å². The summed E-state index contributed by atoms with van der Waals surface area (Å²) in [7, 11) is 0. The highest BCUT2D eigenvalue weighted by atomic mass is 16.1. The molecule has 0 radical (unpaired) electrons. The van der Waals surface area contributed by atoms with Crippen molar-refractivity contribution in [2.24, 2.45) is 4.99 Å². The number of nitrogens with zero attached hydrogens (tertiary/aromatic N) is 4. The Balaban J connectivity index is 1.16. The molecular formula is C32H33N7O. The molecule has 1 aliphatic heterocycles. The molecule has 2 aromatic heterocycles. The molecule has 3 aromatic rings. The molecule has 3 aliphatic rings. The Hall–Kier alpha value is -4.35. The van der Waals surface area contributed by atoms with Gasteiger partial charge in [0.25, 0.3) is 5.91 Å². The van der Waals surface area contributed by atoms with Crippen LogP contribution in [0.2, 0.25) is 0 Å². The summed E-state index contributed by atoms with van der Waals surface area (Å²) in [5, 5.41) is 9.69. The molecule has 0 saturated heterocycles. The fourth-order valence-corrected chi connectivity index (χ4v) is 4.87. The topological polar surface area (TPSA) is 104 Å². The molecule has 40 heavy (non-hydrogen) atoms. The summed E-state index contributed by atoms with van der Waals surface area (Å²) in [5.74, 6) is 7.42. The summed E-state index contributed by atoms with van der Waals surface area (Å²) in [6.07, 6.45) is 14.6. The Bertz CT molecular complexity index is 1500. The van der Waals surface area contributed by atoms with Crippen LogP contribution >= 0.6 is 0 Å². The minimum Gasteiger partial charge on any atom is -0.349 e. The monoisotopic (exact) mass is 531 g/mol. The van der Waals surface area contributed by atoms with Crippen molar-refractivity contribution in [2.45, 2.75) is 57.4 Å². The van der Waals surface area contributed by atoms with Gasteiger partial charge in [0.15, 0.2) is 5.82 Å². The van der Waals surface area contributed by atoms with E-state index in [1.165, 1.54) is 30.5 Å². The molecule has 0 atom stereocenters. The molecule has 1 amide bonds. The van der Waals surface area contributed by atoms with Gasteiger partial charge in [0, 0.05) is 53.1 Å². The van der Waals surface area contributed by atoms with Gasteiger partial charge in [-0.15, -0.1) is 0 Å². The van der Waals surface area contributed by atoms with Gasteiger partial charge in [0.05, 0.1) is 0 Å². The number of carbonyl (C=O) groups is 1. The minimum atomic E-state index is -0.0700. The minimum absolute atomic E-state index is 0.0700. The van der Waals surface area contributed by atoms with E-state index in [4.69, 9.17) is 9.98 Å². The van der Waals surface area contributed by atoms with E-state index in [0.29, 0.717) is 23.2 Å². The van der Waals surface area contributed by atoms with Gasteiger partial charge in [-0.2, -0.15) is 4.98 Å². The molecular weight excluding hydrogens is 498 g/mol. The largest absolute Gasteiger partial charge is 0.349 e. The molecule has 0 spiro atoms. The first kappa shape index (κ1) is 25.9. The van der Waals surface area contributed by atoms with E-state index in [1.54, 1.807) is 18.3 Å². The molecule has 3 heterocycles. The third-order valence-corrected chi connectivity index (χ3v) is 7.28. The van der Waals surface area contributed by atoms with E-state index in [9.17, 15) is 4.79 Å². The van der Waals surface area contributed by atoms with E-state index in [1.807, 2.05) is 30.5 Å². The quantitative estimate of drug-likeness (QED) is 0.372. The van der Waals surface area contributed by atoms with Gasteiger partial charge in [0.1, 0.15) is 5.69 Å². The van der Waals surface area contributed by atoms with Crippen LogP contribution in [0.4, 0.5) is 17.5 Å². The van der Waals surface area contributed by atoms with E-state index in [-0.39, 0.29) is 5.91 Å². The molecule has 8 nitrogen and oxygen atoms in total. The predicted molar refractivity (Wildman–Crippen MR) is 158 cm³/mol. The first-order valence-electron chi connectivity index (χ1n) is 14.2. The van der Waals surface area contributed by atoms with Crippen molar-refractivity contribution in [1.82, 2.24) is 25.6 Å². The summed E-state index contributed by atoms with van der Waals surface area (Å²) in [5.41, 5.74) is 6.38. The number of aromatic nitrogens is 3. The lowest BCUT2D eigenvalue weighted by molar-refractivity contribution is 0.0951. The lowest BCUT2D eigenvalue weighted by Gasteiger charge is -2.17. The molecule has 8 heteroatoms. The molecule has 202 valence electrons. The smallest absolute Gasteiger partial charge is 0.251 e. The second kappa shape index (κ2) is 12.2. The maximum absolute atomic E-state index is 12.3. The fraction of sp³-hybridized carbons (Fsp3) is 0.344. The average Bonchev–Trinajstić information content (AvgIpc) is 3.82. The zero-order valence-corrected chi connectivity index (χ0v) is 22.5. The van der Waals surface area contributed by atoms with Crippen molar-refractivity contribution < 1.29 is 4.79 Å². The van der Waals surface area contributed by atoms with Crippen LogP contribution in [0.15, 0.2) is 59.9 Å². The van der Waals surface area contributed by atoms with E-state index in [2.05, 4.69) is 43.8 Å². The number of anilines is 2. The van der Waals surface area contributed by atoms with Crippen LogP contribution in [0, 0.1) is 11.8 Å². The number of aliphatic imine (C=N–C) groups is 1. The normalized spacial score (nSPS) is 16.8. The molecule has 0 unspecified atom stereocenters. The zero-order valence-electron chi connectivity index (χ0n) is 22.5. The summed E-state index contributed by atoms with van der Waals surface area (Å²) in [4.78, 5) is 31.1. The third kappa shape index (κ3) is 6.80. The van der Waals surface area contributed by atoms with Gasteiger partial charge in [-0.1, -0.05) is 18.4 Å². The second-order valence-corrected chi connectivity index (χ2v) is 10.5. The van der Waals surface area contributed by atoms with Crippen LogP contribution in [0.3, 0.4) is 0 Å². The van der Waals surface area contributed by atoms with Gasteiger partial charge in [0.2, 0.25) is 5.95 Å². The maximum Gasteiger partial charge on any atom is 0.251 e. The van der Waals surface area contributed by atoms with Crippen molar-refractivity contribution in [2.75, 3.05) is 18.4 Å². The van der Waals surface area contributed by atoms with Crippen molar-refractivity contribution in [3.63, 3.8) is 0 Å². The molecule has 2 saturated carbocycles. The van der Waals surface area contributed by atoms with Crippen LogP contribution in [0.25, 0.3) is 5.57 Å². The van der Waals surface area contributed by atoms with Crippen molar-refractivity contribution in [1.29, 1.82) is 0 Å². The van der Waals surface area contributed by atoms with Crippen molar-refractivity contribution in [3.8, 4) is 11.8 Å². The lowest BCUT2D eigenvalue weighted by Crippen LogP contribution is -2.25. The van der Waals surface area contributed by atoms with Crippen LogP contribution in [0.1, 0.15) is 78.5 Å². The number of amides is 1. The van der Waals surface area contributed by atoms with Crippen LogP contribution in [0.5, 0.6) is 0 Å². The van der Waals surface area contributed by atoms with E-state index >= 15 is 0 Å². The van der Waals surface area contributed by atoms with Crippen molar-refractivity contribution in [3.05, 3.63) is 77.3 Å². The number of rotatable bonds is 6. The Kier molecular flexibility index (Phi) is 7.92. The number of hydrogen-bond donors (Lipinski definition) is 3. The molecule has 6 rings (SSSR count). The van der Waals surface area contributed by atoms with Gasteiger partial charge < -0.3 is 16.0 Å². The number of pyridine rings is 1. The number of benzene rings is 1.